The monoisotopic (exact) mass is 278 g/mol. The Morgan fingerprint density at radius 1 is 1.50 bits per heavy atom. The first-order valence-corrected chi connectivity index (χ1v) is 6.99. The molecule has 5 nitrogen and oxygen atoms in total. The summed E-state index contributed by atoms with van der Waals surface area (Å²) in [6, 6.07) is 7.45. The molecule has 1 amide bonds. The van der Waals surface area contributed by atoms with Crippen LogP contribution in [0.3, 0.4) is 0 Å². The Morgan fingerprint density at radius 3 is 2.90 bits per heavy atom. The van der Waals surface area contributed by atoms with Gasteiger partial charge in [-0.25, -0.2) is 0 Å². The summed E-state index contributed by atoms with van der Waals surface area (Å²) in [6.07, 6.45) is 0.0593. The van der Waals surface area contributed by atoms with Crippen LogP contribution < -0.4 is 10.1 Å². The zero-order valence-corrected chi connectivity index (χ0v) is 12.0. The maximum atomic E-state index is 12.3. The molecule has 0 radical (unpaired) electrons. The zero-order valence-electron chi connectivity index (χ0n) is 12.0. The van der Waals surface area contributed by atoms with Crippen LogP contribution in [-0.4, -0.2) is 48.3 Å². The van der Waals surface area contributed by atoms with Gasteiger partial charge in [0.2, 0.25) is 5.91 Å². The highest BCUT2D eigenvalue weighted by Crippen LogP contribution is 2.20. The average molecular weight is 278 g/mol. The number of hydrogen-bond acceptors (Lipinski definition) is 4. The normalized spacial score (nSPS) is 21.8. The van der Waals surface area contributed by atoms with Gasteiger partial charge in [-0.15, -0.1) is 0 Å². The average Bonchev–Trinajstić information content (AvgIpc) is 2.87. The van der Waals surface area contributed by atoms with Crippen molar-refractivity contribution < 1.29 is 14.6 Å². The molecule has 1 aromatic carbocycles. The summed E-state index contributed by atoms with van der Waals surface area (Å²) in [7, 11) is 1.78. The Hall–Kier alpha value is -1.59. The maximum absolute atomic E-state index is 12.3. The van der Waals surface area contributed by atoms with E-state index in [0.717, 1.165) is 11.3 Å². The molecule has 2 atom stereocenters. The summed E-state index contributed by atoms with van der Waals surface area (Å²) in [5.41, 5.74) is 0.990. The van der Waals surface area contributed by atoms with E-state index in [2.05, 4.69) is 5.32 Å². The van der Waals surface area contributed by atoms with Gasteiger partial charge in [0.05, 0.1) is 18.8 Å². The number of nitrogens with one attached hydrogen (secondary N) is 1. The lowest BCUT2D eigenvalue weighted by atomic mass is 10.1. The highest BCUT2D eigenvalue weighted by atomic mass is 16.5. The molecule has 0 aliphatic carbocycles. The fraction of sp³-hybridized carbons (Fsp3) is 0.533. The van der Waals surface area contributed by atoms with Crippen molar-refractivity contribution in [2.75, 3.05) is 20.2 Å². The number of β-amino-alcohol motifs (C(OH)–C–C–N with tert-alkyl or cyclic N) is 1. The van der Waals surface area contributed by atoms with Gasteiger partial charge in [0.15, 0.2) is 0 Å². The summed E-state index contributed by atoms with van der Waals surface area (Å²) < 4.78 is 5.57. The van der Waals surface area contributed by atoms with Crippen LogP contribution >= 0.6 is 0 Å². The molecule has 110 valence electrons. The molecule has 1 fully saturated rings. The topological polar surface area (TPSA) is 61.8 Å². The SMILES string of the molecule is CCOc1ccccc1CN(C)C(=O)C1CC(O)CN1. The van der Waals surface area contributed by atoms with Gasteiger partial charge in [0.1, 0.15) is 5.75 Å². The minimum absolute atomic E-state index is 0.00727. The van der Waals surface area contributed by atoms with Crippen molar-refractivity contribution in [3.8, 4) is 5.75 Å². The van der Waals surface area contributed by atoms with Gasteiger partial charge in [0.25, 0.3) is 0 Å². The van der Waals surface area contributed by atoms with Crippen molar-refractivity contribution in [3.63, 3.8) is 0 Å². The second kappa shape index (κ2) is 6.72. The summed E-state index contributed by atoms with van der Waals surface area (Å²) in [5, 5.41) is 12.5. The van der Waals surface area contributed by atoms with E-state index in [4.69, 9.17) is 4.74 Å². The molecule has 2 N–H and O–H groups in total. The standard InChI is InChI=1S/C15H22N2O3/c1-3-20-14-7-5-4-6-11(14)10-17(2)15(19)13-8-12(18)9-16-13/h4-7,12-13,16,18H,3,8-10H2,1-2H3. The Balaban J connectivity index is 2.00. The van der Waals surface area contributed by atoms with Crippen molar-refractivity contribution in [3.05, 3.63) is 29.8 Å². The summed E-state index contributed by atoms with van der Waals surface area (Å²) in [5.74, 6) is 0.821. The lowest BCUT2D eigenvalue weighted by Crippen LogP contribution is -2.41. The highest BCUT2D eigenvalue weighted by Gasteiger charge is 2.30. The van der Waals surface area contributed by atoms with Crippen LogP contribution in [0.4, 0.5) is 0 Å². The van der Waals surface area contributed by atoms with Crippen LogP contribution in [0.1, 0.15) is 18.9 Å². The Labute approximate surface area is 119 Å². The fourth-order valence-electron chi connectivity index (χ4n) is 2.44. The van der Waals surface area contributed by atoms with Gasteiger partial charge in [0, 0.05) is 25.7 Å². The number of benzene rings is 1. The molecule has 1 aliphatic heterocycles. The molecule has 1 heterocycles. The molecule has 1 saturated heterocycles. The number of rotatable bonds is 5. The van der Waals surface area contributed by atoms with Crippen LogP contribution in [0.5, 0.6) is 5.75 Å². The number of ether oxygens (including phenoxy) is 1. The first-order chi connectivity index (χ1) is 9.61. The fourth-order valence-corrected chi connectivity index (χ4v) is 2.44. The second-order valence-corrected chi connectivity index (χ2v) is 5.09. The third-order valence-electron chi connectivity index (χ3n) is 3.46. The molecule has 0 saturated carbocycles. The molecule has 2 unspecified atom stereocenters. The predicted molar refractivity (Wildman–Crippen MR) is 76.5 cm³/mol. The number of para-hydroxylation sites is 1. The third kappa shape index (κ3) is 3.49. The van der Waals surface area contributed by atoms with E-state index in [1.165, 1.54) is 0 Å². The van der Waals surface area contributed by atoms with E-state index in [-0.39, 0.29) is 11.9 Å². The molecule has 1 aliphatic rings. The van der Waals surface area contributed by atoms with E-state index < -0.39 is 6.10 Å². The van der Waals surface area contributed by atoms with E-state index in [0.29, 0.717) is 26.1 Å². The third-order valence-corrected chi connectivity index (χ3v) is 3.46. The molecule has 0 spiro atoms. The number of nitrogens with zero attached hydrogens (tertiary/aromatic N) is 1. The molecule has 0 bridgehead atoms. The maximum Gasteiger partial charge on any atom is 0.239 e. The first kappa shape index (κ1) is 14.8. The minimum Gasteiger partial charge on any atom is -0.494 e. The van der Waals surface area contributed by atoms with Crippen LogP contribution in [0.25, 0.3) is 0 Å². The number of amides is 1. The quantitative estimate of drug-likeness (QED) is 0.835. The van der Waals surface area contributed by atoms with Crippen LogP contribution in [0.15, 0.2) is 24.3 Å². The van der Waals surface area contributed by atoms with E-state index in [1.54, 1.807) is 11.9 Å². The predicted octanol–water partition coefficient (Wildman–Crippen LogP) is 0.766. The second-order valence-electron chi connectivity index (χ2n) is 5.09. The van der Waals surface area contributed by atoms with Crippen molar-refractivity contribution in [1.82, 2.24) is 10.2 Å². The van der Waals surface area contributed by atoms with E-state index in [9.17, 15) is 9.90 Å². The lowest BCUT2D eigenvalue weighted by Gasteiger charge is -2.22. The van der Waals surface area contributed by atoms with Gasteiger partial charge >= 0.3 is 0 Å². The van der Waals surface area contributed by atoms with Crippen molar-refractivity contribution >= 4 is 5.91 Å². The lowest BCUT2D eigenvalue weighted by molar-refractivity contribution is -0.132. The molecule has 20 heavy (non-hydrogen) atoms. The van der Waals surface area contributed by atoms with Crippen molar-refractivity contribution in [2.24, 2.45) is 0 Å². The van der Waals surface area contributed by atoms with Crippen LogP contribution in [-0.2, 0) is 11.3 Å². The van der Waals surface area contributed by atoms with Gasteiger partial charge in [-0.3, -0.25) is 4.79 Å². The summed E-state index contributed by atoms with van der Waals surface area (Å²) in [4.78, 5) is 14.0. The van der Waals surface area contributed by atoms with Gasteiger partial charge in [-0.2, -0.15) is 0 Å². The van der Waals surface area contributed by atoms with Gasteiger partial charge in [-0.05, 0) is 19.4 Å². The van der Waals surface area contributed by atoms with Crippen molar-refractivity contribution in [2.45, 2.75) is 32.0 Å². The van der Waals surface area contributed by atoms with Crippen LogP contribution in [0, 0.1) is 0 Å². The summed E-state index contributed by atoms with van der Waals surface area (Å²) in [6.45, 7) is 3.53. The van der Waals surface area contributed by atoms with E-state index in [1.807, 2.05) is 31.2 Å². The number of aliphatic hydroxyl groups is 1. The first-order valence-electron chi connectivity index (χ1n) is 6.99. The number of carbonyl (C=O) groups excluding carboxylic acids is 1. The van der Waals surface area contributed by atoms with Crippen molar-refractivity contribution in [1.29, 1.82) is 0 Å². The Bertz CT molecular complexity index is 464. The smallest absolute Gasteiger partial charge is 0.239 e. The molecule has 1 aromatic rings. The van der Waals surface area contributed by atoms with Gasteiger partial charge < -0.3 is 20.1 Å². The minimum atomic E-state index is -0.423. The molecular formula is C15H22N2O3. The Kier molecular flexibility index (Phi) is 4.98. The number of carbonyl (C=O) groups is 1. The number of likely N-dealkylation sites (N-methyl/N-ethyl adjacent to an activating group) is 1. The number of hydrogen-bond donors (Lipinski definition) is 2. The molecule has 5 heteroatoms. The highest BCUT2D eigenvalue weighted by molar-refractivity contribution is 5.82. The largest absolute Gasteiger partial charge is 0.494 e. The van der Waals surface area contributed by atoms with Crippen LogP contribution in [0.2, 0.25) is 0 Å². The van der Waals surface area contributed by atoms with Gasteiger partial charge in [-0.1, -0.05) is 18.2 Å². The Morgan fingerprint density at radius 2 is 2.25 bits per heavy atom. The van der Waals surface area contributed by atoms with E-state index >= 15 is 0 Å². The molecule has 0 aromatic heterocycles. The summed E-state index contributed by atoms with van der Waals surface area (Å²) >= 11 is 0. The molecule has 2 rings (SSSR count). The zero-order chi connectivity index (χ0) is 14.5. The number of aliphatic hydroxyl groups excluding tert-OH is 1. The molecular weight excluding hydrogens is 256 g/mol.